The summed E-state index contributed by atoms with van der Waals surface area (Å²) in [6.45, 7) is 21.0. The van der Waals surface area contributed by atoms with Crippen LogP contribution >= 0.6 is 0 Å². The van der Waals surface area contributed by atoms with Crippen LogP contribution in [0.3, 0.4) is 0 Å². The van der Waals surface area contributed by atoms with Gasteiger partial charge in [-0.1, -0.05) is 12.1 Å². The Hall–Kier alpha value is -1.96. The van der Waals surface area contributed by atoms with Crippen molar-refractivity contribution in [1.82, 2.24) is 0 Å². The summed E-state index contributed by atoms with van der Waals surface area (Å²) in [6.07, 6.45) is 0. The van der Waals surface area contributed by atoms with Crippen LogP contribution in [0.2, 0.25) is 0 Å². The maximum atomic E-state index is 6.36. The Kier molecular flexibility index (Phi) is 5.46. The number of benzene rings is 2. The van der Waals surface area contributed by atoms with E-state index in [1.54, 1.807) is 0 Å². The molecule has 142 valence electrons. The van der Waals surface area contributed by atoms with Gasteiger partial charge in [-0.25, -0.2) is 0 Å². The first-order valence-electron chi connectivity index (χ1n) is 9.38. The highest BCUT2D eigenvalue weighted by molar-refractivity contribution is 5.82. The summed E-state index contributed by atoms with van der Waals surface area (Å²) in [6, 6.07) is 8.69. The van der Waals surface area contributed by atoms with Crippen molar-refractivity contribution in [2.45, 2.75) is 80.4 Å². The molecule has 0 saturated heterocycles. The van der Waals surface area contributed by atoms with E-state index in [1.807, 2.05) is 0 Å². The van der Waals surface area contributed by atoms with Crippen molar-refractivity contribution in [2.75, 3.05) is 0 Å². The molecule has 0 spiro atoms. The van der Waals surface area contributed by atoms with Crippen molar-refractivity contribution in [3.63, 3.8) is 0 Å². The Labute approximate surface area is 159 Å². The predicted molar refractivity (Wildman–Crippen MR) is 112 cm³/mol. The number of aryl methyl sites for hydroxylation is 4. The van der Waals surface area contributed by atoms with Crippen LogP contribution in [0.25, 0.3) is 11.1 Å². The van der Waals surface area contributed by atoms with Gasteiger partial charge in [-0.15, -0.1) is 0 Å². The summed E-state index contributed by atoms with van der Waals surface area (Å²) in [5.41, 5.74) is 6.54. The molecule has 0 aliphatic rings. The lowest BCUT2D eigenvalue weighted by molar-refractivity contribution is 0.128. The minimum absolute atomic E-state index is 0.265. The van der Waals surface area contributed by atoms with Crippen LogP contribution in [-0.4, -0.2) is 11.2 Å². The quantitative estimate of drug-likeness (QED) is 0.594. The highest BCUT2D eigenvalue weighted by Gasteiger charge is 2.23. The molecule has 0 atom stereocenters. The third-order valence-electron chi connectivity index (χ3n) is 3.97. The average molecular weight is 355 g/mol. The second-order valence-electron chi connectivity index (χ2n) is 9.34. The van der Waals surface area contributed by atoms with Gasteiger partial charge in [-0.2, -0.15) is 0 Å². The maximum Gasteiger partial charge on any atom is 0.128 e. The van der Waals surface area contributed by atoms with Crippen LogP contribution in [-0.2, 0) is 0 Å². The summed E-state index contributed by atoms with van der Waals surface area (Å²) in [5.74, 6) is 1.83. The summed E-state index contributed by atoms with van der Waals surface area (Å²) >= 11 is 0. The van der Waals surface area contributed by atoms with Crippen molar-refractivity contribution in [2.24, 2.45) is 0 Å². The first-order chi connectivity index (χ1) is 11.8. The third-order valence-corrected chi connectivity index (χ3v) is 3.97. The van der Waals surface area contributed by atoms with Gasteiger partial charge in [0.2, 0.25) is 0 Å². The first-order valence-corrected chi connectivity index (χ1v) is 9.38. The first kappa shape index (κ1) is 20.4. The molecule has 2 rings (SSSR count). The van der Waals surface area contributed by atoms with Gasteiger partial charge < -0.3 is 9.47 Å². The molecule has 0 aliphatic heterocycles. The Morgan fingerprint density at radius 2 is 0.846 bits per heavy atom. The van der Waals surface area contributed by atoms with E-state index in [-0.39, 0.29) is 11.2 Å². The fraction of sp³-hybridized carbons (Fsp3) is 0.500. The third kappa shape index (κ3) is 5.03. The Morgan fingerprint density at radius 1 is 0.538 bits per heavy atom. The molecular formula is C24H34O2. The highest BCUT2D eigenvalue weighted by Crippen LogP contribution is 2.44. The average Bonchev–Trinajstić information content (AvgIpc) is 2.36. The molecule has 0 bridgehead atoms. The molecule has 0 fully saturated rings. The number of hydrogen-bond donors (Lipinski definition) is 0. The van der Waals surface area contributed by atoms with Crippen LogP contribution in [0.4, 0.5) is 0 Å². The van der Waals surface area contributed by atoms with Gasteiger partial charge in [0.1, 0.15) is 22.7 Å². The number of hydrogen-bond acceptors (Lipinski definition) is 2. The van der Waals surface area contributed by atoms with Crippen molar-refractivity contribution >= 4 is 0 Å². The van der Waals surface area contributed by atoms with Crippen molar-refractivity contribution in [1.29, 1.82) is 0 Å². The van der Waals surface area contributed by atoms with E-state index >= 15 is 0 Å². The van der Waals surface area contributed by atoms with Gasteiger partial charge >= 0.3 is 0 Å². The zero-order valence-corrected chi connectivity index (χ0v) is 18.1. The zero-order valence-electron chi connectivity index (χ0n) is 18.1. The summed E-state index contributed by atoms with van der Waals surface area (Å²) < 4.78 is 12.7. The lowest BCUT2D eigenvalue weighted by Gasteiger charge is -2.28. The molecule has 0 amide bonds. The number of ether oxygens (including phenoxy) is 2. The van der Waals surface area contributed by atoms with E-state index in [9.17, 15) is 0 Å². The number of rotatable bonds is 3. The van der Waals surface area contributed by atoms with E-state index in [0.29, 0.717) is 0 Å². The van der Waals surface area contributed by atoms with Crippen LogP contribution in [0.5, 0.6) is 11.5 Å². The van der Waals surface area contributed by atoms with Crippen molar-refractivity contribution in [3.05, 3.63) is 46.5 Å². The summed E-state index contributed by atoms with van der Waals surface area (Å²) in [4.78, 5) is 0. The van der Waals surface area contributed by atoms with E-state index in [4.69, 9.17) is 9.47 Å². The lowest BCUT2D eigenvalue weighted by atomic mass is 9.92. The molecule has 2 heteroatoms. The molecule has 0 N–H and O–H groups in total. The lowest BCUT2D eigenvalue weighted by Crippen LogP contribution is -2.24. The molecule has 2 aromatic carbocycles. The van der Waals surface area contributed by atoms with Gasteiger partial charge in [-0.05, 0) is 104 Å². The van der Waals surface area contributed by atoms with Crippen molar-refractivity contribution < 1.29 is 9.47 Å². The van der Waals surface area contributed by atoms with Crippen molar-refractivity contribution in [3.8, 4) is 22.6 Å². The Bertz CT molecular complexity index is 733. The highest BCUT2D eigenvalue weighted by atomic mass is 16.5. The minimum atomic E-state index is -0.265. The van der Waals surface area contributed by atoms with Crippen LogP contribution in [0.1, 0.15) is 63.8 Å². The Morgan fingerprint density at radius 3 is 1.12 bits per heavy atom. The second kappa shape index (κ2) is 6.98. The predicted octanol–water partition coefficient (Wildman–Crippen LogP) is 6.94. The SMILES string of the molecule is Cc1cc(C)c(-c2c(C)cc(C)cc2OC(C)(C)C)c(OC(C)(C)C)c1. The second-order valence-corrected chi connectivity index (χ2v) is 9.34. The van der Waals surface area contributed by atoms with E-state index in [2.05, 4.69) is 93.5 Å². The molecule has 0 aromatic heterocycles. The topological polar surface area (TPSA) is 18.5 Å². The summed E-state index contributed by atoms with van der Waals surface area (Å²) in [5, 5.41) is 0. The molecule has 0 aliphatic carbocycles. The molecule has 2 nitrogen and oxygen atoms in total. The molecule has 26 heavy (non-hydrogen) atoms. The van der Waals surface area contributed by atoms with Gasteiger partial charge in [0, 0.05) is 11.1 Å². The van der Waals surface area contributed by atoms with Crippen LogP contribution < -0.4 is 9.47 Å². The monoisotopic (exact) mass is 354 g/mol. The van der Waals surface area contributed by atoms with Gasteiger partial charge in [0.15, 0.2) is 0 Å². The molecule has 2 aromatic rings. The standard InChI is InChI=1S/C24H34O2/c1-15-11-17(3)21(19(13-15)25-23(5,6)7)22-18(4)12-16(2)14-20(22)26-24(8,9)10/h11-14H,1-10H3. The van der Waals surface area contributed by atoms with Gasteiger partial charge in [0.25, 0.3) is 0 Å². The summed E-state index contributed by atoms with van der Waals surface area (Å²) in [7, 11) is 0. The fourth-order valence-electron chi connectivity index (χ4n) is 3.32. The smallest absolute Gasteiger partial charge is 0.128 e. The zero-order chi connectivity index (χ0) is 19.9. The van der Waals surface area contributed by atoms with E-state index in [0.717, 1.165) is 22.6 Å². The van der Waals surface area contributed by atoms with Gasteiger partial charge in [0.05, 0.1) is 0 Å². The molecule has 0 unspecified atom stereocenters. The van der Waals surface area contributed by atoms with Crippen LogP contribution in [0.15, 0.2) is 24.3 Å². The van der Waals surface area contributed by atoms with E-state index < -0.39 is 0 Å². The normalized spacial score (nSPS) is 12.2. The Balaban J connectivity index is 2.79. The van der Waals surface area contributed by atoms with E-state index in [1.165, 1.54) is 22.3 Å². The molecule has 0 saturated carbocycles. The largest absolute Gasteiger partial charge is 0.487 e. The van der Waals surface area contributed by atoms with Crippen LogP contribution in [0, 0.1) is 27.7 Å². The molecular weight excluding hydrogens is 320 g/mol. The fourth-order valence-corrected chi connectivity index (χ4v) is 3.32. The molecule has 0 heterocycles. The molecule has 0 radical (unpaired) electrons. The minimum Gasteiger partial charge on any atom is -0.487 e. The van der Waals surface area contributed by atoms with Gasteiger partial charge in [-0.3, -0.25) is 0 Å². The maximum absolute atomic E-state index is 6.36.